The Morgan fingerprint density at radius 3 is 2.58 bits per heavy atom. The first-order valence-electron chi connectivity index (χ1n) is 6.66. The van der Waals surface area contributed by atoms with Crippen molar-refractivity contribution in [1.29, 1.82) is 0 Å². The van der Waals surface area contributed by atoms with Gasteiger partial charge in [-0.15, -0.1) is 0 Å². The molecule has 0 aliphatic carbocycles. The molecule has 0 bridgehead atoms. The first kappa shape index (κ1) is 13.6. The molecule has 4 nitrogen and oxygen atoms in total. The summed E-state index contributed by atoms with van der Waals surface area (Å²) in [5.74, 6) is 0.107. The molecule has 1 aromatic heterocycles. The summed E-state index contributed by atoms with van der Waals surface area (Å²) < 4.78 is 1.92. The van der Waals surface area contributed by atoms with Crippen LogP contribution in [0.4, 0.5) is 0 Å². The van der Waals surface area contributed by atoms with E-state index in [1.165, 1.54) is 0 Å². The Bertz CT molecular complexity index is 571. The smallest absolute Gasteiger partial charge is 0.242 e. The second-order valence-electron chi connectivity index (χ2n) is 4.52. The monoisotopic (exact) mass is 260 g/mol. The molecule has 0 saturated heterocycles. The molecule has 0 saturated carbocycles. The molecule has 1 aromatic carbocycles. The van der Waals surface area contributed by atoms with Crippen LogP contribution in [0.5, 0.6) is 0 Å². The van der Waals surface area contributed by atoms with Gasteiger partial charge in [0.15, 0.2) is 0 Å². The summed E-state index contributed by atoms with van der Waals surface area (Å²) in [6.07, 6.45) is 1.87. The molecule has 1 N–H and O–H groups in total. The first-order valence-corrected chi connectivity index (χ1v) is 6.66. The molecular weight excluding hydrogens is 240 g/mol. The molecule has 0 aliphatic heterocycles. The second kappa shape index (κ2) is 5.89. The van der Waals surface area contributed by atoms with Gasteiger partial charge in [0.25, 0.3) is 0 Å². The van der Waals surface area contributed by atoms with Crippen LogP contribution in [0.3, 0.4) is 0 Å². The van der Waals surface area contributed by atoms with Crippen molar-refractivity contribution in [1.82, 2.24) is 9.47 Å². The zero-order valence-electron chi connectivity index (χ0n) is 11.5. The van der Waals surface area contributed by atoms with E-state index >= 15 is 0 Å². The minimum Gasteiger partial charge on any atom is -0.392 e. The maximum absolute atomic E-state index is 12.2. The summed E-state index contributed by atoms with van der Waals surface area (Å²) in [5.41, 5.74) is 1.86. The van der Waals surface area contributed by atoms with Gasteiger partial charge in [0.2, 0.25) is 5.91 Å². The van der Waals surface area contributed by atoms with Crippen LogP contribution in [0.2, 0.25) is 0 Å². The van der Waals surface area contributed by atoms with Crippen LogP contribution in [-0.2, 0) is 17.9 Å². The first-order chi connectivity index (χ1) is 9.21. The van der Waals surface area contributed by atoms with Crippen molar-refractivity contribution in [2.45, 2.75) is 27.0 Å². The van der Waals surface area contributed by atoms with Crippen molar-refractivity contribution in [2.24, 2.45) is 0 Å². The third kappa shape index (κ3) is 2.63. The third-order valence-electron chi connectivity index (χ3n) is 3.46. The number of benzene rings is 1. The molecule has 0 radical (unpaired) electrons. The Balaban J connectivity index is 2.33. The number of rotatable bonds is 5. The Morgan fingerprint density at radius 1 is 1.26 bits per heavy atom. The fraction of sp³-hybridized carbons (Fsp3) is 0.400. The lowest BCUT2D eigenvalue weighted by atomic mass is 10.2. The quantitative estimate of drug-likeness (QED) is 0.893. The summed E-state index contributed by atoms with van der Waals surface area (Å²) in [6, 6.07) is 7.84. The highest BCUT2D eigenvalue weighted by Gasteiger charge is 2.13. The van der Waals surface area contributed by atoms with Gasteiger partial charge in [-0.05, 0) is 19.9 Å². The van der Waals surface area contributed by atoms with Crippen molar-refractivity contribution >= 4 is 16.8 Å². The predicted molar refractivity (Wildman–Crippen MR) is 75.8 cm³/mol. The van der Waals surface area contributed by atoms with Crippen LogP contribution in [0.1, 0.15) is 19.4 Å². The highest BCUT2D eigenvalue weighted by Crippen LogP contribution is 2.21. The molecule has 2 aromatic rings. The lowest BCUT2D eigenvalue weighted by Crippen LogP contribution is -2.33. The number of likely N-dealkylation sites (N-methyl/N-ethyl adjacent to an activating group) is 1. The number of fused-ring (bicyclic) bond motifs is 1. The van der Waals surface area contributed by atoms with Crippen LogP contribution in [0, 0.1) is 0 Å². The van der Waals surface area contributed by atoms with E-state index in [-0.39, 0.29) is 12.5 Å². The van der Waals surface area contributed by atoms with Gasteiger partial charge >= 0.3 is 0 Å². The SMILES string of the molecule is CCN(CC)C(=O)Cn1cc(CO)c2ccccc21. The topological polar surface area (TPSA) is 45.5 Å². The van der Waals surface area contributed by atoms with Gasteiger partial charge in [0, 0.05) is 35.8 Å². The molecule has 0 fully saturated rings. The van der Waals surface area contributed by atoms with E-state index in [9.17, 15) is 9.90 Å². The summed E-state index contributed by atoms with van der Waals surface area (Å²) >= 11 is 0. The van der Waals surface area contributed by atoms with E-state index in [0.29, 0.717) is 6.54 Å². The van der Waals surface area contributed by atoms with Gasteiger partial charge in [-0.3, -0.25) is 4.79 Å². The average Bonchev–Trinajstić information content (AvgIpc) is 2.78. The van der Waals surface area contributed by atoms with E-state index in [1.807, 2.05) is 53.8 Å². The van der Waals surface area contributed by atoms with Crippen molar-refractivity contribution in [3.05, 3.63) is 36.0 Å². The number of nitrogens with zero attached hydrogens (tertiary/aromatic N) is 2. The molecular formula is C15H20N2O2. The van der Waals surface area contributed by atoms with Crippen molar-refractivity contribution in [3.63, 3.8) is 0 Å². The molecule has 19 heavy (non-hydrogen) atoms. The maximum atomic E-state index is 12.2. The van der Waals surface area contributed by atoms with Gasteiger partial charge in [0.1, 0.15) is 6.54 Å². The molecule has 0 atom stereocenters. The van der Waals surface area contributed by atoms with E-state index in [2.05, 4.69) is 0 Å². The fourth-order valence-corrected chi connectivity index (χ4v) is 2.40. The minimum atomic E-state index is -0.00697. The van der Waals surface area contributed by atoms with Crippen molar-refractivity contribution < 1.29 is 9.90 Å². The Morgan fingerprint density at radius 2 is 1.95 bits per heavy atom. The molecule has 102 valence electrons. The Kier molecular flexibility index (Phi) is 4.22. The zero-order chi connectivity index (χ0) is 13.8. The lowest BCUT2D eigenvalue weighted by molar-refractivity contribution is -0.131. The standard InChI is InChI=1S/C15H20N2O2/c1-3-16(4-2)15(19)10-17-9-12(11-18)13-7-5-6-8-14(13)17/h5-9,18H,3-4,10-11H2,1-2H3. The van der Waals surface area contributed by atoms with Gasteiger partial charge < -0.3 is 14.6 Å². The molecule has 0 spiro atoms. The number of amides is 1. The summed E-state index contributed by atoms with van der Waals surface area (Å²) in [4.78, 5) is 14.0. The van der Waals surface area contributed by atoms with E-state index < -0.39 is 0 Å². The van der Waals surface area contributed by atoms with Gasteiger partial charge in [-0.25, -0.2) is 0 Å². The molecule has 4 heteroatoms. The molecule has 1 heterocycles. The fourth-order valence-electron chi connectivity index (χ4n) is 2.40. The zero-order valence-corrected chi connectivity index (χ0v) is 11.5. The number of carbonyl (C=O) groups excluding carboxylic acids is 1. The van der Waals surface area contributed by atoms with Gasteiger partial charge in [0.05, 0.1) is 6.61 Å². The summed E-state index contributed by atoms with van der Waals surface area (Å²) in [7, 11) is 0. The van der Waals surface area contributed by atoms with Crippen LogP contribution in [0.15, 0.2) is 30.5 Å². The Labute approximate surface area is 113 Å². The number of aromatic nitrogens is 1. The highest BCUT2D eigenvalue weighted by atomic mass is 16.3. The van der Waals surface area contributed by atoms with Crippen LogP contribution in [0.25, 0.3) is 10.9 Å². The molecule has 1 amide bonds. The molecule has 2 rings (SSSR count). The van der Waals surface area contributed by atoms with Crippen LogP contribution >= 0.6 is 0 Å². The number of aliphatic hydroxyl groups excluding tert-OH is 1. The molecule has 0 unspecified atom stereocenters. The van der Waals surface area contributed by atoms with Crippen LogP contribution < -0.4 is 0 Å². The maximum Gasteiger partial charge on any atom is 0.242 e. The number of aliphatic hydroxyl groups is 1. The van der Waals surface area contributed by atoms with Crippen molar-refractivity contribution in [3.8, 4) is 0 Å². The predicted octanol–water partition coefficient (Wildman–Crippen LogP) is 2.00. The normalized spacial score (nSPS) is 10.9. The van der Waals surface area contributed by atoms with E-state index in [1.54, 1.807) is 0 Å². The summed E-state index contributed by atoms with van der Waals surface area (Å²) in [5, 5.41) is 10.4. The summed E-state index contributed by atoms with van der Waals surface area (Å²) in [6.45, 7) is 5.72. The van der Waals surface area contributed by atoms with Crippen LogP contribution in [-0.4, -0.2) is 33.6 Å². The molecule has 0 aliphatic rings. The highest BCUT2D eigenvalue weighted by molar-refractivity contribution is 5.86. The minimum absolute atomic E-state index is 0.00697. The number of para-hydroxylation sites is 1. The van der Waals surface area contributed by atoms with Gasteiger partial charge in [-0.2, -0.15) is 0 Å². The number of carbonyl (C=O) groups is 1. The van der Waals surface area contributed by atoms with Crippen molar-refractivity contribution in [2.75, 3.05) is 13.1 Å². The van der Waals surface area contributed by atoms with E-state index in [4.69, 9.17) is 0 Å². The average molecular weight is 260 g/mol. The number of hydrogen-bond donors (Lipinski definition) is 1. The third-order valence-corrected chi connectivity index (χ3v) is 3.46. The second-order valence-corrected chi connectivity index (χ2v) is 4.52. The van der Waals surface area contributed by atoms with Gasteiger partial charge in [-0.1, -0.05) is 18.2 Å². The Hall–Kier alpha value is -1.81. The lowest BCUT2D eigenvalue weighted by Gasteiger charge is -2.19. The largest absolute Gasteiger partial charge is 0.392 e. The van der Waals surface area contributed by atoms with E-state index in [0.717, 1.165) is 29.6 Å². The number of hydrogen-bond acceptors (Lipinski definition) is 2.